The van der Waals surface area contributed by atoms with Crippen molar-refractivity contribution in [2.75, 3.05) is 0 Å². The van der Waals surface area contributed by atoms with Crippen LogP contribution in [0.5, 0.6) is 0 Å². The summed E-state index contributed by atoms with van der Waals surface area (Å²) in [5.41, 5.74) is 5.81. The molecule has 0 aromatic heterocycles. The SMILES string of the molecule is CCCCCc1ccc2c(F)c(C#Cc3ccc(C#Cc4ccc(CCC)cc4)cc3)ccc2c1. The van der Waals surface area contributed by atoms with Crippen LogP contribution in [0.25, 0.3) is 10.8 Å². The predicted molar refractivity (Wildman–Crippen MR) is 146 cm³/mol. The van der Waals surface area contributed by atoms with Gasteiger partial charge in [-0.3, -0.25) is 0 Å². The van der Waals surface area contributed by atoms with Gasteiger partial charge in [0.05, 0.1) is 5.56 Å². The van der Waals surface area contributed by atoms with Gasteiger partial charge in [0.25, 0.3) is 0 Å². The largest absolute Gasteiger partial charge is 0.205 e. The Balaban J connectivity index is 1.45. The molecule has 35 heavy (non-hydrogen) atoms. The Hall–Kier alpha value is -3.81. The first-order chi connectivity index (χ1) is 17.2. The third-order valence-corrected chi connectivity index (χ3v) is 6.16. The van der Waals surface area contributed by atoms with Gasteiger partial charge in [0.1, 0.15) is 5.82 Å². The van der Waals surface area contributed by atoms with Crippen LogP contribution in [0.1, 0.15) is 72.9 Å². The first kappa shape index (κ1) is 24.3. The molecular weight excluding hydrogens is 427 g/mol. The fraction of sp³-hybridized carbons (Fsp3) is 0.235. The lowest BCUT2D eigenvalue weighted by Crippen LogP contribution is -1.90. The van der Waals surface area contributed by atoms with Crippen LogP contribution in [0.15, 0.2) is 78.9 Å². The first-order valence-corrected chi connectivity index (χ1v) is 12.6. The number of unbranched alkanes of at least 4 members (excludes halogenated alkanes) is 2. The summed E-state index contributed by atoms with van der Waals surface area (Å²) in [5.74, 6) is 12.3. The summed E-state index contributed by atoms with van der Waals surface area (Å²) in [6.45, 7) is 4.39. The topological polar surface area (TPSA) is 0 Å². The van der Waals surface area contributed by atoms with E-state index < -0.39 is 0 Å². The highest BCUT2D eigenvalue weighted by atomic mass is 19.1. The van der Waals surface area contributed by atoms with E-state index in [1.807, 2.05) is 42.5 Å². The van der Waals surface area contributed by atoms with E-state index in [0.717, 1.165) is 41.3 Å². The highest BCUT2D eigenvalue weighted by Gasteiger charge is 2.06. The van der Waals surface area contributed by atoms with Crippen LogP contribution in [0, 0.1) is 29.5 Å². The maximum absolute atomic E-state index is 15.1. The van der Waals surface area contributed by atoms with E-state index in [2.05, 4.69) is 67.9 Å². The molecule has 0 bridgehead atoms. The van der Waals surface area contributed by atoms with Crippen molar-refractivity contribution in [3.8, 4) is 23.7 Å². The minimum Gasteiger partial charge on any atom is -0.205 e. The van der Waals surface area contributed by atoms with Crippen LogP contribution < -0.4 is 0 Å². The number of aryl methyl sites for hydroxylation is 2. The van der Waals surface area contributed by atoms with Crippen molar-refractivity contribution < 1.29 is 4.39 Å². The van der Waals surface area contributed by atoms with Crippen molar-refractivity contribution >= 4 is 10.8 Å². The van der Waals surface area contributed by atoms with E-state index in [0.29, 0.717) is 10.9 Å². The van der Waals surface area contributed by atoms with Gasteiger partial charge in [0.15, 0.2) is 0 Å². The zero-order valence-electron chi connectivity index (χ0n) is 20.6. The van der Waals surface area contributed by atoms with Gasteiger partial charge >= 0.3 is 0 Å². The second kappa shape index (κ2) is 12.1. The highest BCUT2D eigenvalue weighted by Crippen LogP contribution is 2.23. The molecule has 0 heterocycles. The van der Waals surface area contributed by atoms with Crippen molar-refractivity contribution in [3.05, 3.63) is 118 Å². The van der Waals surface area contributed by atoms with Gasteiger partial charge in [-0.2, -0.15) is 0 Å². The summed E-state index contributed by atoms with van der Waals surface area (Å²) in [4.78, 5) is 0. The van der Waals surface area contributed by atoms with Crippen molar-refractivity contribution in [1.29, 1.82) is 0 Å². The van der Waals surface area contributed by atoms with Crippen molar-refractivity contribution in [2.24, 2.45) is 0 Å². The third kappa shape index (κ3) is 6.62. The quantitative estimate of drug-likeness (QED) is 0.201. The van der Waals surface area contributed by atoms with E-state index in [1.54, 1.807) is 6.07 Å². The van der Waals surface area contributed by atoms with Crippen LogP contribution >= 0.6 is 0 Å². The second-order valence-electron chi connectivity index (χ2n) is 8.96. The molecule has 0 fully saturated rings. The lowest BCUT2D eigenvalue weighted by atomic mass is 10.0. The van der Waals surface area contributed by atoms with Crippen LogP contribution in [0.2, 0.25) is 0 Å². The molecule has 0 aliphatic heterocycles. The van der Waals surface area contributed by atoms with Gasteiger partial charge in [0.2, 0.25) is 0 Å². The molecule has 0 nitrogen and oxygen atoms in total. The maximum atomic E-state index is 15.1. The molecule has 0 unspecified atom stereocenters. The van der Waals surface area contributed by atoms with E-state index in [-0.39, 0.29) is 5.82 Å². The fourth-order valence-corrected chi connectivity index (χ4v) is 4.14. The maximum Gasteiger partial charge on any atom is 0.146 e. The summed E-state index contributed by atoms with van der Waals surface area (Å²) in [7, 11) is 0. The van der Waals surface area contributed by atoms with Crippen molar-refractivity contribution in [1.82, 2.24) is 0 Å². The Bertz CT molecular complexity index is 1400. The van der Waals surface area contributed by atoms with Gasteiger partial charge in [-0.1, -0.05) is 93.2 Å². The first-order valence-electron chi connectivity index (χ1n) is 12.6. The molecule has 1 heteroatoms. The smallest absolute Gasteiger partial charge is 0.146 e. The predicted octanol–water partition coefficient (Wildman–Crippen LogP) is 8.46. The van der Waals surface area contributed by atoms with E-state index in [1.165, 1.54) is 30.4 Å². The number of hydrogen-bond donors (Lipinski definition) is 0. The summed E-state index contributed by atoms with van der Waals surface area (Å²) in [6, 6.07) is 26.0. The average Bonchev–Trinajstić information content (AvgIpc) is 2.89. The van der Waals surface area contributed by atoms with E-state index in [4.69, 9.17) is 0 Å². The molecule has 0 radical (unpaired) electrons. The lowest BCUT2D eigenvalue weighted by Gasteiger charge is -2.06. The van der Waals surface area contributed by atoms with Crippen molar-refractivity contribution in [2.45, 2.75) is 52.4 Å². The van der Waals surface area contributed by atoms with Crippen LogP contribution in [-0.2, 0) is 12.8 Å². The lowest BCUT2D eigenvalue weighted by molar-refractivity contribution is 0.636. The van der Waals surface area contributed by atoms with Gasteiger partial charge in [0, 0.05) is 22.1 Å². The minimum atomic E-state index is -0.248. The standard InChI is InChI=1S/C34H31F/c1-3-5-6-8-30-20-24-33-32(25-30)23-22-31(34(33)35)21-19-29-17-15-28(16-18-29)14-13-27-11-9-26(7-4-2)10-12-27/h9-12,15-18,20,22-25H,3-8H2,1-2H3. The number of halogens is 1. The summed E-state index contributed by atoms with van der Waals surface area (Å²) >= 11 is 0. The number of fused-ring (bicyclic) bond motifs is 1. The molecule has 0 aliphatic rings. The molecule has 0 saturated heterocycles. The van der Waals surface area contributed by atoms with Crippen LogP contribution in [-0.4, -0.2) is 0 Å². The molecule has 0 amide bonds. The molecule has 174 valence electrons. The van der Waals surface area contributed by atoms with Gasteiger partial charge in [-0.15, -0.1) is 0 Å². The van der Waals surface area contributed by atoms with Gasteiger partial charge in [-0.05, 0) is 78.2 Å². The molecule has 4 rings (SSSR count). The number of hydrogen-bond acceptors (Lipinski definition) is 0. The molecule has 0 aliphatic carbocycles. The minimum absolute atomic E-state index is 0.248. The van der Waals surface area contributed by atoms with Crippen molar-refractivity contribution in [3.63, 3.8) is 0 Å². The zero-order valence-corrected chi connectivity index (χ0v) is 20.6. The number of rotatable bonds is 6. The van der Waals surface area contributed by atoms with E-state index in [9.17, 15) is 0 Å². The third-order valence-electron chi connectivity index (χ3n) is 6.16. The normalized spacial score (nSPS) is 10.4. The van der Waals surface area contributed by atoms with Gasteiger partial charge in [-0.25, -0.2) is 4.39 Å². The molecular formula is C34H31F. The summed E-state index contributed by atoms with van der Waals surface area (Å²) < 4.78 is 15.1. The van der Waals surface area contributed by atoms with Gasteiger partial charge < -0.3 is 0 Å². The molecule has 0 N–H and O–H groups in total. The fourth-order valence-electron chi connectivity index (χ4n) is 4.14. The Labute approximate surface area is 209 Å². The summed E-state index contributed by atoms with van der Waals surface area (Å²) in [5, 5.41) is 1.56. The Morgan fingerprint density at radius 3 is 1.80 bits per heavy atom. The van der Waals surface area contributed by atoms with Crippen LogP contribution in [0.3, 0.4) is 0 Å². The van der Waals surface area contributed by atoms with Crippen LogP contribution in [0.4, 0.5) is 4.39 Å². The molecule has 4 aromatic carbocycles. The van der Waals surface area contributed by atoms with E-state index >= 15 is 4.39 Å². The molecule has 4 aromatic rings. The Morgan fingerprint density at radius 2 is 1.17 bits per heavy atom. The monoisotopic (exact) mass is 458 g/mol. The summed E-state index contributed by atoms with van der Waals surface area (Å²) in [6.07, 6.45) is 6.88. The average molecular weight is 459 g/mol. The molecule has 0 saturated carbocycles. The highest BCUT2D eigenvalue weighted by molar-refractivity contribution is 5.85. The molecule has 0 atom stereocenters. The second-order valence-corrected chi connectivity index (χ2v) is 8.96. The molecule has 0 spiro atoms. The zero-order chi connectivity index (χ0) is 24.5. The number of benzene rings is 4. The Morgan fingerprint density at radius 1 is 0.571 bits per heavy atom. The Kier molecular flexibility index (Phi) is 8.38.